The van der Waals surface area contributed by atoms with E-state index in [9.17, 15) is 18.8 Å². The normalized spacial score (nSPS) is 18.8. The molecule has 0 spiro atoms. The van der Waals surface area contributed by atoms with Crippen molar-refractivity contribution in [1.29, 1.82) is 5.26 Å². The Morgan fingerprint density at radius 1 is 1.25 bits per heavy atom. The van der Waals surface area contributed by atoms with Crippen molar-refractivity contribution >= 4 is 17.4 Å². The number of carbonyl (C=O) groups is 1. The van der Waals surface area contributed by atoms with Gasteiger partial charge in [0.25, 0.3) is 5.91 Å². The molecule has 0 radical (unpaired) electrons. The molecule has 0 aliphatic carbocycles. The van der Waals surface area contributed by atoms with Gasteiger partial charge in [-0.05, 0) is 49.4 Å². The van der Waals surface area contributed by atoms with E-state index in [2.05, 4.69) is 26.4 Å². The van der Waals surface area contributed by atoms with Crippen LogP contribution < -0.4 is 11.1 Å². The number of aromatic nitrogens is 3. The molecule has 0 saturated carbocycles. The number of rotatable bonds is 6. The molecule has 4 rings (SSSR count). The summed E-state index contributed by atoms with van der Waals surface area (Å²) in [5.41, 5.74) is 6.83. The molecule has 0 bridgehead atoms. The van der Waals surface area contributed by atoms with Crippen LogP contribution in [-0.2, 0) is 6.54 Å². The van der Waals surface area contributed by atoms with Crippen LogP contribution in [0.25, 0.3) is 0 Å². The Morgan fingerprint density at radius 3 is 2.72 bits per heavy atom. The van der Waals surface area contributed by atoms with E-state index >= 15 is 0 Å². The number of carbonyl (C=O) groups excluding carboxylic acids is 1. The molecule has 3 heterocycles. The van der Waals surface area contributed by atoms with Gasteiger partial charge in [0, 0.05) is 31.2 Å². The van der Waals surface area contributed by atoms with Crippen LogP contribution in [0.3, 0.4) is 0 Å². The van der Waals surface area contributed by atoms with Gasteiger partial charge in [-0.25, -0.2) is 8.78 Å². The van der Waals surface area contributed by atoms with E-state index in [0.717, 1.165) is 0 Å². The fraction of sp³-hybridized carbons (Fsp3) is 0.273. The van der Waals surface area contributed by atoms with Gasteiger partial charge in [-0.3, -0.25) is 19.4 Å². The van der Waals surface area contributed by atoms with Gasteiger partial charge in [-0.15, -0.1) is 0 Å². The first-order chi connectivity index (χ1) is 15.4. The monoisotopic (exact) mass is 437 g/mol. The highest BCUT2D eigenvalue weighted by Crippen LogP contribution is 2.30. The molecule has 1 aliphatic heterocycles. The van der Waals surface area contributed by atoms with E-state index < -0.39 is 5.91 Å². The number of nitrogens with zero attached hydrogens (tertiary/aromatic N) is 5. The van der Waals surface area contributed by atoms with Crippen molar-refractivity contribution in [2.24, 2.45) is 11.7 Å². The zero-order chi connectivity index (χ0) is 22.7. The van der Waals surface area contributed by atoms with E-state index in [4.69, 9.17) is 5.73 Å². The number of benzene rings is 1. The second kappa shape index (κ2) is 9.11. The third-order valence-electron chi connectivity index (χ3n) is 5.44. The van der Waals surface area contributed by atoms with E-state index in [1.165, 1.54) is 48.8 Å². The molecule has 3 aromatic rings. The van der Waals surface area contributed by atoms with Crippen molar-refractivity contribution in [3.05, 3.63) is 71.7 Å². The van der Waals surface area contributed by atoms with Crippen LogP contribution in [0.2, 0.25) is 0 Å². The molecule has 1 aliphatic rings. The molecule has 3 N–H and O–H groups in total. The molecule has 32 heavy (non-hydrogen) atoms. The van der Waals surface area contributed by atoms with Gasteiger partial charge in [-0.2, -0.15) is 10.4 Å². The highest BCUT2D eigenvalue weighted by Gasteiger charge is 2.32. The van der Waals surface area contributed by atoms with E-state index in [0.29, 0.717) is 37.4 Å². The number of anilines is 2. The minimum Gasteiger partial charge on any atom is -0.365 e. The maximum Gasteiger partial charge on any atom is 0.254 e. The number of hydrogen-bond acceptors (Lipinski definition) is 6. The average molecular weight is 437 g/mol. The summed E-state index contributed by atoms with van der Waals surface area (Å²) in [5, 5.41) is 17.1. The van der Waals surface area contributed by atoms with Crippen molar-refractivity contribution in [3.8, 4) is 6.07 Å². The summed E-state index contributed by atoms with van der Waals surface area (Å²) in [6, 6.07) is 10.3. The van der Waals surface area contributed by atoms with E-state index in [-0.39, 0.29) is 35.0 Å². The molecule has 164 valence electrons. The Balaban J connectivity index is 1.58. The average Bonchev–Trinajstić information content (AvgIpc) is 3.19. The fourth-order valence-corrected chi connectivity index (χ4v) is 3.83. The van der Waals surface area contributed by atoms with Crippen LogP contribution >= 0.6 is 0 Å². The SMILES string of the molecule is N#C[C@H]1CCN(Cc2cc(F)ccn2)C[C@@H]1n1cc(C(N)=O)c(Nc2ccc(F)cc2)n1. The van der Waals surface area contributed by atoms with Crippen LogP contribution in [-0.4, -0.2) is 38.7 Å². The highest BCUT2D eigenvalue weighted by atomic mass is 19.1. The third kappa shape index (κ3) is 4.73. The van der Waals surface area contributed by atoms with Crippen molar-refractivity contribution in [2.75, 3.05) is 18.4 Å². The smallest absolute Gasteiger partial charge is 0.254 e. The number of likely N-dealkylation sites (tertiary alicyclic amines) is 1. The second-order valence-electron chi connectivity index (χ2n) is 7.66. The van der Waals surface area contributed by atoms with Crippen LogP contribution in [0.5, 0.6) is 0 Å². The molecular weight excluding hydrogens is 416 g/mol. The lowest BCUT2D eigenvalue weighted by atomic mass is 9.93. The van der Waals surface area contributed by atoms with Crippen LogP contribution in [0.1, 0.15) is 28.5 Å². The van der Waals surface area contributed by atoms with Gasteiger partial charge in [0.2, 0.25) is 0 Å². The Morgan fingerprint density at radius 2 is 2.03 bits per heavy atom. The van der Waals surface area contributed by atoms with Gasteiger partial charge in [0.05, 0.1) is 23.7 Å². The van der Waals surface area contributed by atoms with Gasteiger partial charge in [0.15, 0.2) is 5.82 Å². The van der Waals surface area contributed by atoms with Gasteiger partial charge >= 0.3 is 0 Å². The predicted octanol–water partition coefficient (Wildman–Crippen LogP) is 2.99. The number of nitrogens with two attached hydrogens (primary N) is 1. The lowest BCUT2D eigenvalue weighted by Crippen LogP contribution is -2.41. The Bertz CT molecular complexity index is 1160. The molecular formula is C22H21F2N7O. The number of primary amides is 1. The zero-order valence-electron chi connectivity index (χ0n) is 17.1. The number of nitrogens with one attached hydrogen (secondary N) is 1. The molecule has 0 unspecified atom stereocenters. The predicted molar refractivity (Wildman–Crippen MR) is 113 cm³/mol. The summed E-state index contributed by atoms with van der Waals surface area (Å²) in [6.45, 7) is 1.54. The van der Waals surface area contributed by atoms with Crippen LogP contribution in [0.15, 0.2) is 48.8 Å². The number of hydrogen-bond donors (Lipinski definition) is 2. The summed E-state index contributed by atoms with van der Waals surface area (Å²) >= 11 is 0. The maximum atomic E-state index is 13.5. The molecule has 1 amide bonds. The van der Waals surface area contributed by atoms with Crippen LogP contribution in [0, 0.1) is 28.9 Å². The van der Waals surface area contributed by atoms with Gasteiger partial charge < -0.3 is 11.1 Å². The molecule has 10 heteroatoms. The Labute approximate surface area is 183 Å². The van der Waals surface area contributed by atoms with Crippen LogP contribution in [0.4, 0.5) is 20.3 Å². The molecule has 1 fully saturated rings. The third-order valence-corrected chi connectivity index (χ3v) is 5.44. The van der Waals surface area contributed by atoms with Crippen molar-refractivity contribution in [3.63, 3.8) is 0 Å². The molecule has 8 nitrogen and oxygen atoms in total. The highest BCUT2D eigenvalue weighted by molar-refractivity contribution is 5.98. The summed E-state index contributed by atoms with van der Waals surface area (Å²) in [7, 11) is 0. The molecule has 1 saturated heterocycles. The fourth-order valence-electron chi connectivity index (χ4n) is 3.83. The number of nitriles is 1. The maximum absolute atomic E-state index is 13.5. The van der Waals surface area contributed by atoms with Crippen molar-refractivity contribution in [2.45, 2.75) is 19.0 Å². The zero-order valence-corrected chi connectivity index (χ0v) is 17.1. The van der Waals surface area contributed by atoms with E-state index in [1.807, 2.05) is 0 Å². The van der Waals surface area contributed by atoms with Crippen molar-refractivity contribution < 1.29 is 13.6 Å². The molecule has 2 atom stereocenters. The number of amides is 1. The first-order valence-electron chi connectivity index (χ1n) is 10.1. The van der Waals surface area contributed by atoms with Gasteiger partial charge in [-0.1, -0.05) is 0 Å². The second-order valence-corrected chi connectivity index (χ2v) is 7.66. The standard InChI is InChI=1S/C22H21F2N7O/c23-15-1-3-17(4-2-15)28-22-19(21(26)32)12-31(29-22)20-13-30(8-6-14(20)10-25)11-18-9-16(24)5-7-27-18/h1-5,7,9,12,14,20H,6,8,11,13H2,(H2,26,32)(H,28,29)/t14-,20+/m1/s1. The number of piperidine rings is 1. The lowest BCUT2D eigenvalue weighted by molar-refractivity contribution is 0.1000. The summed E-state index contributed by atoms with van der Waals surface area (Å²) in [5.74, 6) is -1.52. The Hall–Kier alpha value is -3.84. The number of pyridine rings is 1. The largest absolute Gasteiger partial charge is 0.365 e. The lowest BCUT2D eigenvalue weighted by Gasteiger charge is -2.35. The summed E-state index contributed by atoms with van der Waals surface area (Å²) < 4.78 is 28.3. The first-order valence-corrected chi connectivity index (χ1v) is 10.1. The number of halogens is 2. The summed E-state index contributed by atoms with van der Waals surface area (Å²) in [6.07, 6.45) is 3.53. The minimum absolute atomic E-state index is 0.162. The quantitative estimate of drug-likeness (QED) is 0.613. The van der Waals surface area contributed by atoms with Gasteiger partial charge in [0.1, 0.15) is 17.2 Å². The minimum atomic E-state index is -0.675. The van der Waals surface area contributed by atoms with Crippen molar-refractivity contribution in [1.82, 2.24) is 19.7 Å². The van der Waals surface area contributed by atoms with E-state index in [1.54, 1.807) is 4.68 Å². The molecule has 1 aromatic carbocycles. The summed E-state index contributed by atoms with van der Waals surface area (Å²) in [4.78, 5) is 18.3. The first kappa shape index (κ1) is 21.4. The topological polar surface area (TPSA) is 113 Å². The Kier molecular flexibility index (Phi) is 6.09. The molecule has 2 aromatic heterocycles.